The van der Waals surface area contributed by atoms with Crippen molar-refractivity contribution in [3.05, 3.63) is 69.3 Å². The maximum absolute atomic E-state index is 11.5. The molecule has 1 atom stereocenters. The van der Waals surface area contributed by atoms with Gasteiger partial charge in [-0.1, -0.05) is 31.2 Å². The highest BCUT2D eigenvalue weighted by Crippen LogP contribution is 2.27. The van der Waals surface area contributed by atoms with E-state index in [1.165, 1.54) is 31.4 Å². The number of piperidine rings is 1. The molecule has 0 bridgehead atoms. The van der Waals surface area contributed by atoms with E-state index in [1.807, 2.05) is 12.1 Å². The van der Waals surface area contributed by atoms with Crippen LogP contribution in [0.15, 0.2) is 42.5 Å². The lowest BCUT2D eigenvalue weighted by Gasteiger charge is -2.31. The van der Waals surface area contributed by atoms with Gasteiger partial charge in [0.1, 0.15) is 5.69 Å². The van der Waals surface area contributed by atoms with E-state index in [0.29, 0.717) is 17.8 Å². The van der Waals surface area contributed by atoms with Gasteiger partial charge in [-0.05, 0) is 55.5 Å². The summed E-state index contributed by atoms with van der Waals surface area (Å²) in [6, 6.07) is 12.8. The topological polar surface area (TPSA) is 75.5 Å². The molecular weight excluding hydrogens is 354 g/mol. The van der Waals surface area contributed by atoms with E-state index in [1.54, 1.807) is 12.1 Å². The van der Waals surface area contributed by atoms with Crippen LogP contribution in [0.25, 0.3) is 0 Å². The molecule has 0 aliphatic carbocycles. The smallest absolute Gasteiger partial charge is 0.293 e. The van der Waals surface area contributed by atoms with E-state index in [-0.39, 0.29) is 11.5 Å². The molecule has 6 nitrogen and oxygen atoms in total. The molecule has 28 heavy (non-hydrogen) atoms. The SMILES string of the molecule is CC(=O)c1ccc(NCc2ccccc2CN2CCCC(C)C2)c([N+](=O)[O-])c1. The monoisotopic (exact) mass is 381 g/mol. The number of ketones is 1. The van der Waals surface area contributed by atoms with Crippen molar-refractivity contribution in [2.75, 3.05) is 18.4 Å². The number of Topliss-reactive ketones (excluding diaryl/α,β-unsaturated/α-hetero) is 1. The zero-order chi connectivity index (χ0) is 20.1. The second kappa shape index (κ2) is 8.97. The van der Waals surface area contributed by atoms with Crippen LogP contribution in [-0.4, -0.2) is 28.7 Å². The molecule has 2 aromatic rings. The van der Waals surface area contributed by atoms with Crippen LogP contribution in [0.3, 0.4) is 0 Å². The third kappa shape index (κ3) is 4.95. The predicted molar refractivity (Wildman–Crippen MR) is 111 cm³/mol. The number of carbonyl (C=O) groups excluding carboxylic acids is 1. The largest absolute Gasteiger partial charge is 0.375 e. The number of likely N-dealkylation sites (tertiary alicyclic amines) is 1. The maximum Gasteiger partial charge on any atom is 0.293 e. The number of hydrogen-bond acceptors (Lipinski definition) is 5. The first-order chi connectivity index (χ1) is 13.4. The van der Waals surface area contributed by atoms with E-state index in [4.69, 9.17) is 0 Å². The highest BCUT2D eigenvalue weighted by Gasteiger charge is 2.19. The number of anilines is 1. The fraction of sp³-hybridized carbons (Fsp3) is 0.409. The predicted octanol–water partition coefficient (Wildman–Crippen LogP) is 4.64. The molecule has 1 heterocycles. The highest BCUT2D eigenvalue weighted by atomic mass is 16.6. The lowest BCUT2D eigenvalue weighted by atomic mass is 9.99. The number of carbonyl (C=O) groups is 1. The molecule has 1 aliphatic rings. The quantitative estimate of drug-likeness (QED) is 0.429. The van der Waals surface area contributed by atoms with Crippen LogP contribution in [0.5, 0.6) is 0 Å². The third-order valence-electron chi connectivity index (χ3n) is 5.32. The second-order valence-electron chi connectivity index (χ2n) is 7.65. The van der Waals surface area contributed by atoms with Gasteiger partial charge < -0.3 is 5.32 Å². The molecule has 1 unspecified atom stereocenters. The molecule has 6 heteroatoms. The number of nitro benzene ring substituents is 1. The molecule has 1 saturated heterocycles. The van der Waals surface area contributed by atoms with Crippen molar-refractivity contribution in [2.24, 2.45) is 5.92 Å². The van der Waals surface area contributed by atoms with Gasteiger partial charge >= 0.3 is 0 Å². The Balaban J connectivity index is 1.74. The molecule has 0 amide bonds. The highest BCUT2D eigenvalue weighted by molar-refractivity contribution is 5.95. The minimum absolute atomic E-state index is 0.0740. The average molecular weight is 381 g/mol. The van der Waals surface area contributed by atoms with E-state index >= 15 is 0 Å². The van der Waals surface area contributed by atoms with Crippen molar-refractivity contribution in [1.29, 1.82) is 0 Å². The molecule has 148 valence electrons. The summed E-state index contributed by atoms with van der Waals surface area (Å²) < 4.78 is 0. The van der Waals surface area contributed by atoms with E-state index in [2.05, 4.69) is 29.3 Å². The van der Waals surface area contributed by atoms with Crippen LogP contribution in [0.2, 0.25) is 0 Å². The number of rotatable bonds is 7. The van der Waals surface area contributed by atoms with Crippen molar-refractivity contribution in [3.8, 4) is 0 Å². The zero-order valence-electron chi connectivity index (χ0n) is 16.5. The Hall–Kier alpha value is -2.73. The van der Waals surface area contributed by atoms with Gasteiger partial charge in [-0.2, -0.15) is 0 Å². The third-order valence-corrected chi connectivity index (χ3v) is 5.32. The summed E-state index contributed by atoms with van der Waals surface area (Å²) in [6.45, 7) is 7.32. The summed E-state index contributed by atoms with van der Waals surface area (Å²) in [5.74, 6) is 0.539. The van der Waals surface area contributed by atoms with Crippen LogP contribution in [-0.2, 0) is 13.1 Å². The fourth-order valence-electron chi connectivity index (χ4n) is 3.80. The zero-order valence-corrected chi connectivity index (χ0v) is 16.5. The molecule has 1 aliphatic heterocycles. The Morgan fingerprint density at radius 2 is 2.00 bits per heavy atom. The van der Waals surface area contributed by atoms with Crippen LogP contribution in [0, 0.1) is 16.0 Å². The average Bonchev–Trinajstić information content (AvgIpc) is 2.67. The van der Waals surface area contributed by atoms with Crippen LogP contribution >= 0.6 is 0 Å². The Bertz CT molecular complexity index is 866. The minimum atomic E-state index is -0.449. The molecule has 0 spiro atoms. The summed E-state index contributed by atoms with van der Waals surface area (Å²) in [5.41, 5.74) is 3.07. The summed E-state index contributed by atoms with van der Waals surface area (Å²) in [4.78, 5) is 25.0. The van der Waals surface area contributed by atoms with Gasteiger partial charge in [-0.15, -0.1) is 0 Å². The molecule has 1 N–H and O–H groups in total. The summed E-state index contributed by atoms with van der Waals surface area (Å²) >= 11 is 0. The van der Waals surface area contributed by atoms with E-state index in [0.717, 1.165) is 31.1 Å². The maximum atomic E-state index is 11.5. The van der Waals surface area contributed by atoms with Crippen LogP contribution in [0.1, 0.15) is 48.2 Å². The Morgan fingerprint density at radius 1 is 1.25 bits per heavy atom. The van der Waals surface area contributed by atoms with Crippen LogP contribution < -0.4 is 5.32 Å². The van der Waals surface area contributed by atoms with Gasteiger partial charge in [-0.25, -0.2) is 0 Å². The lowest BCUT2D eigenvalue weighted by molar-refractivity contribution is -0.384. The Labute approximate surface area is 165 Å². The molecule has 3 rings (SSSR count). The van der Waals surface area contributed by atoms with Gasteiger partial charge in [0.05, 0.1) is 4.92 Å². The van der Waals surface area contributed by atoms with Gasteiger partial charge in [0.15, 0.2) is 5.78 Å². The van der Waals surface area contributed by atoms with E-state index in [9.17, 15) is 14.9 Å². The standard InChI is InChI=1S/C22H27N3O3/c1-16-6-5-11-24(14-16)15-20-8-4-3-7-19(20)13-23-21-10-9-18(17(2)26)12-22(21)25(27)28/h3-4,7-10,12,16,23H,5-6,11,13-15H2,1-2H3. The molecule has 0 radical (unpaired) electrons. The number of nitrogens with one attached hydrogen (secondary N) is 1. The van der Waals surface area contributed by atoms with Crippen molar-refractivity contribution >= 4 is 17.2 Å². The Morgan fingerprint density at radius 3 is 2.68 bits per heavy atom. The summed E-state index contributed by atoms with van der Waals surface area (Å²) in [5, 5.41) is 14.6. The van der Waals surface area contributed by atoms with Crippen LogP contribution in [0.4, 0.5) is 11.4 Å². The number of hydrogen-bond donors (Lipinski definition) is 1. The first-order valence-electron chi connectivity index (χ1n) is 9.76. The van der Waals surface area contributed by atoms with Gasteiger partial charge in [0.25, 0.3) is 5.69 Å². The van der Waals surface area contributed by atoms with Crippen molar-refractivity contribution in [1.82, 2.24) is 4.90 Å². The van der Waals surface area contributed by atoms with Gasteiger partial charge in [0.2, 0.25) is 0 Å². The number of benzene rings is 2. The van der Waals surface area contributed by atoms with Gasteiger partial charge in [-0.3, -0.25) is 19.8 Å². The van der Waals surface area contributed by atoms with Gasteiger partial charge in [0, 0.05) is 31.3 Å². The first kappa shape index (κ1) is 20.0. The lowest BCUT2D eigenvalue weighted by Crippen LogP contribution is -2.34. The second-order valence-corrected chi connectivity index (χ2v) is 7.65. The van der Waals surface area contributed by atoms with E-state index < -0.39 is 4.92 Å². The molecular formula is C22H27N3O3. The van der Waals surface area contributed by atoms with Crippen molar-refractivity contribution in [3.63, 3.8) is 0 Å². The normalized spacial score (nSPS) is 17.3. The minimum Gasteiger partial charge on any atom is -0.375 e. The van der Waals surface area contributed by atoms with Crippen molar-refractivity contribution in [2.45, 2.75) is 39.8 Å². The summed E-state index contributed by atoms with van der Waals surface area (Å²) in [7, 11) is 0. The molecule has 1 fully saturated rings. The molecule has 0 aromatic heterocycles. The Kier molecular flexibility index (Phi) is 6.41. The van der Waals surface area contributed by atoms with Crippen molar-refractivity contribution < 1.29 is 9.72 Å². The molecule has 2 aromatic carbocycles. The molecule has 0 saturated carbocycles. The number of nitrogens with zero attached hydrogens (tertiary/aromatic N) is 2. The first-order valence-corrected chi connectivity index (χ1v) is 9.76. The number of nitro groups is 1. The fourth-order valence-corrected chi connectivity index (χ4v) is 3.80. The summed E-state index contributed by atoms with van der Waals surface area (Å²) in [6.07, 6.45) is 2.52.